The Morgan fingerprint density at radius 1 is 1.40 bits per heavy atom. The van der Waals surface area contributed by atoms with E-state index < -0.39 is 5.97 Å². The molecule has 0 atom stereocenters. The topological polar surface area (TPSA) is 55.4 Å². The third kappa shape index (κ3) is 5.88. The quantitative estimate of drug-likeness (QED) is 0.557. The largest absolute Gasteiger partial charge is 0.464 e. The second-order valence-corrected chi connectivity index (χ2v) is 3.66. The molecule has 0 bridgehead atoms. The Kier molecular flexibility index (Phi) is 6.42. The molecule has 0 rings (SSSR count). The number of nitrogens with one attached hydrogen (secondary N) is 1. The van der Waals surface area contributed by atoms with Crippen molar-refractivity contribution >= 4 is 11.9 Å². The van der Waals surface area contributed by atoms with E-state index in [4.69, 9.17) is 0 Å². The highest BCUT2D eigenvalue weighted by molar-refractivity contribution is 5.93. The molecule has 0 aromatic carbocycles. The fourth-order valence-corrected chi connectivity index (χ4v) is 1.07. The Hall–Kier alpha value is -1.32. The second-order valence-electron chi connectivity index (χ2n) is 3.66. The van der Waals surface area contributed by atoms with Gasteiger partial charge in [-0.3, -0.25) is 4.79 Å². The molecule has 15 heavy (non-hydrogen) atoms. The summed E-state index contributed by atoms with van der Waals surface area (Å²) in [6, 6.07) is 0. The highest BCUT2D eigenvalue weighted by atomic mass is 16.5. The van der Waals surface area contributed by atoms with Crippen molar-refractivity contribution < 1.29 is 14.3 Å². The summed E-state index contributed by atoms with van der Waals surface area (Å²) in [6.07, 6.45) is 2.72. The molecule has 4 nitrogen and oxygen atoms in total. The smallest absolute Gasteiger partial charge is 0.354 e. The van der Waals surface area contributed by atoms with E-state index in [1.54, 1.807) is 6.08 Å². The van der Waals surface area contributed by atoms with Crippen molar-refractivity contribution in [3.8, 4) is 0 Å². The molecule has 0 aromatic heterocycles. The van der Waals surface area contributed by atoms with Crippen molar-refractivity contribution in [2.45, 2.75) is 33.6 Å². The zero-order valence-corrected chi connectivity index (χ0v) is 9.79. The fraction of sp³-hybridized carbons (Fsp3) is 0.636. The lowest BCUT2D eigenvalue weighted by atomic mass is 10.1. The minimum absolute atomic E-state index is 0.157. The van der Waals surface area contributed by atoms with Crippen LogP contribution in [-0.2, 0) is 14.3 Å². The van der Waals surface area contributed by atoms with Gasteiger partial charge in [0.25, 0.3) is 0 Å². The summed E-state index contributed by atoms with van der Waals surface area (Å²) in [5.41, 5.74) is 0.227. The van der Waals surface area contributed by atoms with Crippen LogP contribution in [0.1, 0.15) is 33.6 Å². The maximum atomic E-state index is 11.4. The average Bonchev–Trinajstić information content (AvgIpc) is 2.14. The number of esters is 1. The van der Waals surface area contributed by atoms with Gasteiger partial charge >= 0.3 is 5.97 Å². The molecule has 0 aromatic rings. The van der Waals surface area contributed by atoms with Crippen LogP contribution >= 0.6 is 0 Å². The van der Waals surface area contributed by atoms with Crippen LogP contribution in [-0.4, -0.2) is 19.0 Å². The molecule has 0 aliphatic carbocycles. The summed E-state index contributed by atoms with van der Waals surface area (Å²) in [7, 11) is 1.29. The molecule has 0 unspecified atom stereocenters. The van der Waals surface area contributed by atoms with Gasteiger partial charge in [0.15, 0.2) is 0 Å². The third-order valence-electron chi connectivity index (χ3n) is 1.68. The fourth-order valence-electron chi connectivity index (χ4n) is 1.07. The number of methoxy groups -OCH3 is 1. The number of amides is 1. The maximum Gasteiger partial charge on any atom is 0.354 e. The van der Waals surface area contributed by atoms with Crippen LogP contribution in [0.3, 0.4) is 0 Å². The molecule has 0 fully saturated rings. The molecule has 0 radical (unpaired) electrons. The van der Waals surface area contributed by atoms with Gasteiger partial charge < -0.3 is 10.1 Å². The van der Waals surface area contributed by atoms with Gasteiger partial charge in [-0.05, 0) is 12.3 Å². The van der Waals surface area contributed by atoms with Gasteiger partial charge in [-0.2, -0.15) is 0 Å². The molecule has 0 heterocycles. The molecule has 0 aliphatic rings. The number of ether oxygens (including phenoxy) is 1. The van der Waals surface area contributed by atoms with Gasteiger partial charge in [0.05, 0.1) is 7.11 Å². The lowest BCUT2D eigenvalue weighted by Crippen LogP contribution is -2.28. The van der Waals surface area contributed by atoms with Crippen molar-refractivity contribution in [3.63, 3.8) is 0 Å². The van der Waals surface area contributed by atoms with Crippen molar-refractivity contribution in [2.75, 3.05) is 7.11 Å². The Labute approximate surface area is 90.7 Å². The number of carbonyl (C=O) groups is 2. The molecular formula is C11H19NO3. The van der Waals surface area contributed by atoms with E-state index in [0.717, 1.165) is 0 Å². The Morgan fingerprint density at radius 3 is 2.40 bits per heavy atom. The van der Waals surface area contributed by atoms with Crippen LogP contribution < -0.4 is 5.32 Å². The number of rotatable bonds is 5. The normalized spacial score (nSPS) is 11.4. The van der Waals surface area contributed by atoms with Gasteiger partial charge in [0.2, 0.25) is 5.91 Å². The van der Waals surface area contributed by atoms with E-state index in [1.165, 1.54) is 7.11 Å². The molecule has 1 N–H and O–H groups in total. The van der Waals surface area contributed by atoms with Gasteiger partial charge in [0, 0.05) is 6.42 Å². The maximum absolute atomic E-state index is 11.4. The lowest BCUT2D eigenvalue weighted by molar-refractivity contribution is -0.137. The molecule has 0 spiro atoms. The Bertz CT molecular complexity index is 257. The van der Waals surface area contributed by atoms with Crippen molar-refractivity contribution in [1.29, 1.82) is 0 Å². The van der Waals surface area contributed by atoms with E-state index in [1.807, 2.05) is 20.8 Å². The number of hydrogen-bond donors (Lipinski definition) is 1. The first-order chi connectivity index (χ1) is 7.01. The average molecular weight is 213 g/mol. The third-order valence-corrected chi connectivity index (χ3v) is 1.68. The minimum Gasteiger partial charge on any atom is -0.464 e. The van der Waals surface area contributed by atoms with Crippen LogP contribution in [0.2, 0.25) is 0 Å². The molecule has 0 saturated heterocycles. The summed E-state index contributed by atoms with van der Waals surface area (Å²) in [5, 5.41) is 2.55. The summed E-state index contributed by atoms with van der Waals surface area (Å²) in [4.78, 5) is 22.6. The van der Waals surface area contributed by atoms with Crippen LogP contribution in [0, 0.1) is 5.92 Å². The summed E-state index contributed by atoms with van der Waals surface area (Å²) >= 11 is 0. The van der Waals surface area contributed by atoms with Crippen LogP contribution in [0.15, 0.2) is 11.8 Å². The van der Waals surface area contributed by atoms with E-state index >= 15 is 0 Å². The second kappa shape index (κ2) is 7.04. The minimum atomic E-state index is -0.506. The molecule has 1 amide bonds. The lowest BCUT2D eigenvalue weighted by Gasteiger charge is -2.09. The first kappa shape index (κ1) is 13.7. The summed E-state index contributed by atoms with van der Waals surface area (Å²) < 4.78 is 4.55. The summed E-state index contributed by atoms with van der Waals surface area (Å²) in [5.74, 6) is -0.394. The van der Waals surface area contributed by atoms with Crippen molar-refractivity contribution in [3.05, 3.63) is 11.8 Å². The zero-order chi connectivity index (χ0) is 11.8. The Balaban J connectivity index is 4.36. The first-order valence-corrected chi connectivity index (χ1v) is 5.09. The number of carbonyl (C=O) groups excluding carboxylic acids is 2. The molecule has 4 heteroatoms. The van der Waals surface area contributed by atoms with E-state index in [9.17, 15) is 9.59 Å². The van der Waals surface area contributed by atoms with Gasteiger partial charge in [-0.1, -0.05) is 26.8 Å². The van der Waals surface area contributed by atoms with Gasteiger partial charge in [0.1, 0.15) is 5.70 Å². The SMILES string of the molecule is CCC=C(NC(=O)CC(C)C)C(=O)OC. The van der Waals surface area contributed by atoms with E-state index in [0.29, 0.717) is 12.8 Å². The molecule has 86 valence electrons. The zero-order valence-electron chi connectivity index (χ0n) is 9.79. The first-order valence-electron chi connectivity index (χ1n) is 5.09. The number of hydrogen-bond acceptors (Lipinski definition) is 3. The van der Waals surface area contributed by atoms with Crippen molar-refractivity contribution in [1.82, 2.24) is 5.32 Å². The highest BCUT2D eigenvalue weighted by Gasteiger charge is 2.13. The highest BCUT2D eigenvalue weighted by Crippen LogP contribution is 2.01. The standard InChI is InChI=1S/C11H19NO3/c1-5-6-9(11(14)15-4)12-10(13)7-8(2)3/h6,8H,5,7H2,1-4H3,(H,12,13). The molecule has 0 saturated carbocycles. The monoisotopic (exact) mass is 213 g/mol. The number of allylic oxidation sites excluding steroid dienone is 1. The van der Waals surface area contributed by atoms with Crippen molar-refractivity contribution in [2.24, 2.45) is 5.92 Å². The van der Waals surface area contributed by atoms with Gasteiger partial charge in [-0.25, -0.2) is 4.79 Å². The van der Waals surface area contributed by atoms with Crippen LogP contribution in [0.25, 0.3) is 0 Å². The van der Waals surface area contributed by atoms with E-state index in [-0.39, 0.29) is 17.5 Å². The molecular weight excluding hydrogens is 194 g/mol. The Morgan fingerprint density at radius 2 is 2.00 bits per heavy atom. The van der Waals surface area contributed by atoms with Crippen LogP contribution in [0.5, 0.6) is 0 Å². The summed E-state index contributed by atoms with van der Waals surface area (Å²) in [6.45, 7) is 5.78. The van der Waals surface area contributed by atoms with E-state index in [2.05, 4.69) is 10.1 Å². The predicted octanol–water partition coefficient (Wildman–Crippen LogP) is 1.62. The predicted molar refractivity (Wildman–Crippen MR) is 58.0 cm³/mol. The van der Waals surface area contributed by atoms with Crippen LogP contribution in [0.4, 0.5) is 0 Å². The molecule has 0 aliphatic heterocycles. The van der Waals surface area contributed by atoms with Gasteiger partial charge in [-0.15, -0.1) is 0 Å².